The Labute approximate surface area is 226 Å². The molecular formula is C29H31ClFN3O4. The fourth-order valence-corrected chi connectivity index (χ4v) is 5.53. The molecule has 0 bridgehead atoms. The van der Waals surface area contributed by atoms with Crippen LogP contribution in [0.4, 0.5) is 9.18 Å². The summed E-state index contributed by atoms with van der Waals surface area (Å²) in [7, 11) is 1.66. The van der Waals surface area contributed by atoms with Crippen LogP contribution in [0.25, 0.3) is 0 Å². The molecule has 0 saturated carbocycles. The maximum Gasteiger partial charge on any atom is 0.415 e. The number of rotatable bonds is 5. The summed E-state index contributed by atoms with van der Waals surface area (Å²) in [5.74, 6) is -0.311. The van der Waals surface area contributed by atoms with Crippen molar-refractivity contribution in [1.82, 2.24) is 14.7 Å². The highest BCUT2D eigenvalue weighted by Gasteiger charge is 2.43. The van der Waals surface area contributed by atoms with E-state index in [-0.39, 0.29) is 35.4 Å². The highest BCUT2D eigenvalue weighted by molar-refractivity contribution is 6.31. The van der Waals surface area contributed by atoms with Gasteiger partial charge in [0, 0.05) is 55.7 Å². The summed E-state index contributed by atoms with van der Waals surface area (Å²) in [5, 5.41) is 0.656. The third-order valence-electron chi connectivity index (χ3n) is 7.83. The van der Waals surface area contributed by atoms with E-state index in [1.54, 1.807) is 7.05 Å². The first kappa shape index (κ1) is 26.2. The number of hydrogen-bond donors (Lipinski definition) is 0. The van der Waals surface area contributed by atoms with Crippen LogP contribution in [0, 0.1) is 18.7 Å². The van der Waals surface area contributed by atoms with Crippen LogP contribution in [0.2, 0.25) is 5.02 Å². The fraction of sp³-hybridized carbons (Fsp3) is 0.414. The molecule has 2 saturated heterocycles. The van der Waals surface area contributed by atoms with E-state index >= 15 is 0 Å². The Hall–Kier alpha value is -3.39. The lowest BCUT2D eigenvalue weighted by atomic mass is 9.92. The molecule has 0 spiro atoms. The summed E-state index contributed by atoms with van der Waals surface area (Å²) in [6, 6.07) is 10.7. The average molecular weight is 540 g/mol. The zero-order chi connectivity index (χ0) is 27.0. The fourth-order valence-electron chi connectivity index (χ4n) is 5.41. The lowest BCUT2D eigenvalue weighted by molar-refractivity contribution is -0.138. The van der Waals surface area contributed by atoms with Gasteiger partial charge in [0.2, 0.25) is 11.8 Å². The molecular weight excluding hydrogens is 509 g/mol. The normalized spacial score (nSPS) is 21.2. The number of amides is 3. The largest absolute Gasteiger partial charge is 0.415 e. The molecule has 1 aliphatic carbocycles. The van der Waals surface area contributed by atoms with E-state index in [1.807, 2.05) is 41.0 Å². The maximum absolute atomic E-state index is 13.6. The number of allylic oxidation sites excluding steroid dienone is 1. The van der Waals surface area contributed by atoms with Gasteiger partial charge >= 0.3 is 6.09 Å². The predicted octanol–water partition coefficient (Wildman–Crippen LogP) is 4.78. The van der Waals surface area contributed by atoms with Crippen LogP contribution in [-0.2, 0) is 9.59 Å². The summed E-state index contributed by atoms with van der Waals surface area (Å²) in [4.78, 5) is 44.2. The molecule has 0 unspecified atom stereocenters. The molecule has 0 N–H and O–H groups in total. The van der Waals surface area contributed by atoms with Gasteiger partial charge in [-0.1, -0.05) is 29.8 Å². The minimum absolute atomic E-state index is 0.0567. The van der Waals surface area contributed by atoms with Gasteiger partial charge in [-0.2, -0.15) is 0 Å². The molecule has 9 heteroatoms. The maximum atomic E-state index is 13.6. The lowest BCUT2D eigenvalue weighted by Crippen LogP contribution is -2.45. The quantitative estimate of drug-likeness (QED) is 0.548. The van der Waals surface area contributed by atoms with Crippen molar-refractivity contribution in [2.24, 2.45) is 5.92 Å². The minimum Gasteiger partial charge on any atom is -0.410 e. The Balaban J connectivity index is 1.30. The number of halogens is 2. The molecule has 0 radical (unpaired) electrons. The van der Waals surface area contributed by atoms with Crippen molar-refractivity contribution in [3.05, 3.63) is 76.1 Å². The number of hydrogen-bond acceptors (Lipinski definition) is 4. The monoisotopic (exact) mass is 539 g/mol. The summed E-state index contributed by atoms with van der Waals surface area (Å²) >= 11 is 6.27. The minimum atomic E-state index is -0.576. The number of likely N-dealkylation sites (N-methyl/N-ethyl adjacent to an activating group) is 1. The number of nitrogens with zero attached hydrogens (tertiary/aromatic N) is 3. The van der Waals surface area contributed by atoms with E-state index in [0.29, 0.717) is 44.0 Å². The van der Waals surface area contributed by atoms with Gasteiger partial charge < -0.3 is 19.4 Å². The number of aryl methyl sites for hydroxylation is 1. The van der Waals surface area contributed by atoms with E-state index < -0.39 is 11.9 Å². The Morgan fingerprint density at radius 2 is 1.71 bits per heavy atom. The van der Waals surface area contributed by atoms with Crippen molar-refractivity contribution >= 4 is 29.5 Å². The van der Waals surface area contributed by atoms with Gasteiger partial charge in [-0.3, -0.25) is 9.59 Å². The molecule has 2 aliphatic heterocycles. The second kappa shape index (κ2) is 10.8. The van der Waals surface area contributed by atoms with Crippen molar-refractivity contribution in [1.29, 1.82) is 0 Å². The van der Waals surface area contributed by atoms with Crippen LogP contribution >= 0.6 is 11.6 Å². The number of carbonyl (C=O) groups excluding carboxylic acids is 3. The summed E-state index contributed by atoms with van der Waals surface area (Å²) in [6.07, 6.45) is 3.39. The van der Waals surface area contributed by atoms with Gasteiger partial charge in [-0.25, -0.2) is 9.18 Å². The molecule has 3 amide bonds. The second-order valence-corrected chi connectivity index (χ2v) is 10.8. The molecule has 7 nitrogen and oxygen atoms in total. The van der Waals surface area contributed by atoms with Crippen molar-refractivity contribution in [2.45, 2.75) is 38.1 Å². The Morgan fingerprint density at radius 1 is 1.03 bits per heavy atom. The van der Waals surface area contributed by atoms with Crippen molar-refractivity contribution in [2.75, 3.05) is 33.2 Å². The van der Waals surface area contributed by atoms with Gasteiger partial charge in [0.05, 0.1) is 6.04 Å². The zero-order valence-electron chi connectivity index (χ0n) is 21.5. The zero-order valence-corrected chi connectivity index (χ0v) is 22.3. The molecule has 2 aromatic carbocycles. The number of likely N-dealkylation sites (tertiary alicyclic amines) is 2. The van der Waals surface area contributed by atoms with Crippen LogP contribution in [0.15, 0.2) is 54.1 Å². The second-order valence-electron chi connectivity index (χ2n) is 10.4. The van der Waals surface area contributed by atoms with E-state index in [0.717, 1.165) is 23.1 Å². The van der Waals surface area contributed by atoms with Gasteiger partial charge in [-0.15, -0.1) is 0 Å². The van der Waals surface area contributed by atoms with Crippen LogP contribution in [-0.4, -0.2) is 71.9 Å². The van der Waals surface area contributed by atoms with E-state index in [2.05, 4.69) is 0 Å². The van der Waals surface area contributed by atoms with Crippen molar-refractivity contribution in [3.8, 4) is 5.75 Å². The lowest BCUT2D eigenvalue weighted by Gasteiger charge is -2.33. The number of carbonyl (C=O) groups is 3. The molecule has 3 aliphatic rings. The first-order chi connectivity index (χ1) is 18.2. The molecule has 0 aromatic heterocycles. The predicted molar refractivity (Wildman–Crippen MR) is 141 cm³/mol. The summed E-state index contributed by atoms with van der Waals surface area (Å²) in [6.45, 7) is 3.91. The SMILES string of the molecule is Cc1cc([C@H]2CN(C(=O)C3CCN(C(=O)C4=CC4)CC3)C[C@@H]2N(C)C(=O)Oc2ccc(F)cc2)ccc1Cl. The van der Waals surface area contributed by atoms with Crippen molar-refractivity contribution < 1.29 is 23.5 Å². The Bertz CT molecular complexity index is 1270. The van der Waals surface area contributed by atoms with E-state index in [1.165, 1.54) is 29.2 Å². The molecule has 5 rings (SSSR count). The summed E-state index contributed by atoms with van der Waals surface area (Å²) in [5.41, 5.74) is 2.78. The number of ether oxygens (including phenoxy) is 1. The number of piperidine rings is 1. The van der Waals surface area contributed by atoms with Gasteiger partial charge in [0.1, 0.15) is 11.6 Å². The third kappa shape index (κ3) is 5.55. The standard InChI is InChI=1S/C29H31ClFN3O4/c1-18-15-21(5-10-25(18)30)24-16-34(28(36)20-11-13-33(14-12-20)27(35)19-3-4-19)17-26(24)32(2)29(37)38-23-8-6-22(31)7-9-23/h3,5-10,15,20,24,26H,4,11-14,16-17H2,1-2H3/t24-,26+/m1/s1. The number of benzene rings is 2. The Morgan fingerprint density at radius 3 is 2.34 bits per heavy atom. The molecule has 2 heterocycles. The molecule has 2 atom stereocenters. The highest BCUT2D eigenvalue weighted by Crippen LogP contribution is 2.35. The van der Waals surface area contributed by atoms with Gasteiger partial charge in [0.25, 0.3) is 0 Å². The van der Waals surface area contributed by atoms with Gasteiger partial charge in [-0.05, 0) is 67.6 Å². The third-order valence-corrected chi connectivity index (χ3v) is 8.25. The Kier molecular flexibility index (Phi) is 7.43. The molecule has 2 fully saturated rings. The smallest absolute Gasteiger partial charge is 0.410 e. The first-order valence-electron chi connectivity index (χ1n) is 12.9. The van der Waals surface area contributed by atoms with Crippen LogP contribution < -0.4 is 4.74 Å². The average Bonchev–Trinajstić information content (AvgIpc) is 3.68. The first-order valence-corrected chi connectivity index (χ1v) is 13.3. The van der Waals surface area contributed by atoms with Crippen LogP contribution in [0.3, 0.4) is 0 Å². The molecule has 2 aromatic rings. The van der Waals surface area contributed by atoms with Crippen molar-refractivity contribution in [3.63, 3.8) is 0 Å². The molecule has 200 valence electrons. The highest BCUT2D eigenvalue weighted by atomic mass is 35.5. The van der Waals surface area contributed by atoms with E-state index in [4.69, 9.17) is 16.3 Å². The van der Waals surface area contributed by atoms with E-state index in [9.17, 15) is 18.8 Å². The topological polar surface area (TPSA) is 70.2 Å². The summed E-state index contributed by atoms with van der Waals surface area (Å²) < 4.78 is 18.8. The molecule has 38 heavy (non-hydrogen) atoms. The van der Waals surface area contributed by atoms with Crippen LogP contribution in [0.5, 0.6) is 5.75 Å². The van der Waals surface area contributed by atoms with Crippen LogP contribution in [0.1, 0.15) is 36.3 Å². The van der Waals surface area contributed by atoms with Gasteiger partial charge in [0.15, 0.2) is 0 Å².